The Bertz CT molecular complexity index is 900. The molecular weight excluding hydrogens is 397 g/mol. The minimum Gasteiger partial charge on any atom is -0.497 e. The highest BCUT2D eigenvalue weighted by Gasteiger charge is 2.15. The number of hydrogen-bond donors (Lipinski definition) is 0. The number of ether oxygens (including phenoxy) is 3. The molecule has 0 fully saturated rings. The molecule has 0 unspecified atom stereocenters. The van der Waals surface area contributed by atoms with Crippen LogP contribution in [0.3, 0.4) is 0 Å². The molecule has 0 atom stereocenters. The summed E-state index contributed by atoms with van der Waals surface area (Å²) in [5.41, 5.74) is 2.99. The summed E-state index contributed by atoms with van der Waals surface area (Å²) in [6, 6.07) is 15.8. The van der Waals surface area contributed by atoms with E-state index < -0.39 is 0 Å². The molecule has 2 aromatic carbocycles. The smallest absolute Gasteiger partial charge is 0.229 e. The summed E-state index contributed by atoms with van der Waals surface area (Å²) >= 11 is 0. The zero-order chi connectivity index (χ0) is 22.1. The van der Waals surface area contributed by atoms with Crippen molar-refractivity contribution in [3.05, 3.63) is 71.4 Å². The van der Waals surface area contributed by atoms with Gasteiger partial charge >= 0.3 is 0 Å². The summed E-state index contributed by atoms with van der Waals surface area (Å²) < 4.78 is 28.6. The van der Waals surface area contributed by atoms with E-state index in [2.05, 4.69) is 14.9 Å². The summed E-state index contributed by atoms with van der Waals surface area (Å²) in [4.78, 5) is 11.3. The second kappa shape index (κ2) is 11.2. The van der Waals surface area contributed by atoms with Crippen LogP contribution in [0.5, 0.6) is 17.4 Å². The molecule has 3 aromatic rings. The van der Waals surface area contributed by atoms with Crippen LogP contribution in [-0.2, 0) is 19.5 Å². The molecule has 164 valence electrons. The average molecular weight is 426 g/mol. The molecule has 0 aliphatic heterocycles. The van der Waals surface area contributed by atoms with E-state index in [9.17, 15) is 4.39 Å². The lowest BCUT2D eigenvalue weighted by molar-refractivity contribution is 0.388. The lowest BCUT2D eigenvalue weighted by Crippen LogP contribution is -2.24. The highest BCUT2D eigenvalue weighted by atomic mass is 19.1. The van der Waals surface area contributed by atoms with E-state index in [1.54, 1.807) is 27.5 Å². The molecule has 0 aliphatic rings. The van der Waals surface area contributed by atoms with Crippen molar-refractivity contribution < 1.29 is 18.6 Å². The highest BCUT2D eigenvalue weighted by molar-refractivity contribution is 5.40. The topological polar surface area (TPSA) is 56.7 Å². The summed E-state index contributed by atoms with van der Waals surface area (Å²) in [5, 5.41) is 0. The van der Waals surface area contributed by atoms with E-state index in [4.69, 9.17) is 14.2 Å². The van der Waals surface area contributed by atoms with Crippen LogP contribution in [0.15, 0.2) is 54.7 Å². The highest BCUT2D eigenvalue weighted by Crippen LogP contribution is 2.24. The van der Waals surface area contributed by atoms with Crippen LogP contribution < -0.4 is 19.1 Å². The molecule has 3 rings (SSSR count). The van der Waals surface area contributed by atoms with E-state index in [0.717, 1.165) is 28.2 Å². The first-order chi connectivity index (χ1) is 15.2. The van der Waals surface area contributed by atoms with Gasteiger partial charge in [-0.2, -0.15) is 4.98 Å². The molecule has 0 saturated carbocycles. The maximum absolute atomic E-state index is 12.6. The minimum atomic E-state index is -0.383. The Kier molecular flexibility index (Phi) is 8.04. The van der Waals surface area contributed by atoms with Crippen molar-refractivity contribution >= 4 is 5.95 Å². The van der Waals surface area contributed by atoms with Gasteiger partial charge in [0.05, 0.1) is 28.0 Å². The second-order valence-electron chi connectivity index (χ2n) is 7.05. The van der Waals surface area contributed by atoms with Crippen LogP contribution in [0, 0.1) is 0 Å². The molecule has 0 amide bonds. The molecule has 0 spiro atoms. The first kappa shape index (κ1) is 22.3. The molecule has 0 saturated heterocycles. The van der Waals surface area contributed by atoms with Crippen molar-refractivity contribution in [2.75, 3.05) is 32.9 Å². The predicted octanol–water partition coefficient (Wildman–Crippen LogP) is 4.61. The van der Waals surface area contributed by atoms with Crippen molar-refractivity contribution in [3.8, 4) is 17.4 Å². The maximum atomic E-state index is 12.6. The Balaban J connectivity index is 1.89. The van der Waals surface area contributed by atoms with E-state index in [0.29, 0.717) is 37.8 Å². The van der Waals surface area contributed by atoms with Crippen LogP contribution in [0.25, 0.3) is 0 Å². The van der Waals surface area contributed by atoms with Crippen LogP contribution in [0.2, 0.25) is 0 Å². The number of benzene rings is 2. The number of aryl methyl sites for hydroxylation is 1. The van der Waals surface area contributed by atoms with E-state index in [-0.39, 0.29) is 6.67 Å². The molecule has 7 heteroatoms. The van der Waals surface area contributed by atoms with Gasteiger partial charge < -0.3 is 19.1 Å². The Morgan fingerprint density at radius 3 is 1.81 bits per heavy atom. The van der Waals surface area contributed by atoms with E-state index in [1.807, 2.05) is 48.5 Å². The Morgan fingerprint density at radius 2 is 1.35 bits per heavy atom. The quantitative estimate of drug-likeness (QED) is 0.447. The summed E-state index contributed by atoms with van der Waals surface area (Å²) in [6.45, 7) is 0.817. The predicted molar refractivity (Wildman–Crippen MR) is 119 cm³/mol. The van der Waals surface area contributed by atoms with Gasteiger partial charge in [0.2, 0.25) is 11.8 Å². The zero-order valence-corrected chi connectivity index (χ0v) is 18.2. The molecule has 0 bridgehead atoms. The first-order valence-electron chi connectivity index (χ1n) is 10.1. The number of methoxy groups -OCH3 is 3. The molecule has 1 heterocycles. The van der Waals surface area contributed by atoms with Crippen molar-refractivity contribution in [2.24, 2.45) is 0 Å². The van der Waals surface area contributed by atoms with E-state index in [1.165, 1.54) is 0 Å². The number of halogens is 1. The van der Waals surface area contributed by atoms with Crippen LogP contribution >= 0.6 is 0 Å². The largest absolute Gasteiger partial charge is 0.497 e. The average Bonchev–Trinajstić information content (AvgIpc) is 2.83. The molecule has 0 aliphatic carbocycles. The van der Waals surface area contributed by atoms with Crippen molar-refractivity contribution in [3.63, 3.8) is 0 Å². The van der Waals surface area contributed by atoms with Crippen molar-refractivity contribution in [1.82, 2.24) is 9.97 Å². The third-order valence-electron chi connectivity index (χ3n) is 4.93. The first-order valence-corrected chi connectivity index (χ1v) is 10.1. The zero-order valence-electron chi connectivity index (χ0n) is 18.2. The summed E-state index contributed by atoms with van der Waals surface area (Å²) in [7, 11) is 4.87. The molecule has 31 heavy (non-hydrogen) atoms. The van der Waals surface area contributed by atoms with E-state index >= 15 is 0 Å². The fraction of sp³-hybridized carbons (Fsp3) is 0.333. The normalized spacial score (nSPS) is 10.6. The fourth-order valence-corrected chi connectivity index (χ4v) is 3.24. The molecule has 0 N–H and O–H groups in total. The number of aromatic nitrogens is 2. The summed E-state index contributed by atoms with van der Waals surface area (Å²) in [5.74, 6) is 2.64. The molecule has 0 radical (unpaired) electrons. The molecule has 1 aromatic heterocycles. The maximum Gasteiger partial charge on any atom is 0.229 e. The Morgan fingerprint density at radius 1 is 0.806 bits per heavy atom. The van der Waals surface area contributed by atoms with Gasteiger partial charge in [-0.05, 0) is 48.2 Å². The number of nitrogens with zero attached hydrogens (tertiary/aromatic N) is 3. The lowest BCUT2D eigenvalue weighted by Gasteiger charge is -2.24. The molecule has 6 nitrogen and oxygen atoms in total. The molecular formula is C24H28FN3O3. The van der Waals surface area contributed by atoms with Crippen molar-refractivity contribution in [2.45, 2.75) is 25.9 Å². The number of anilines is 1. The third-order valence-corrected chi connectivity index (χ3v) is 4.93. The van der Waals surface area contributed by atoms with Crippen LogP contribution in [0.4, 0.5) is 10.3 Å². The monoisotopic (exact) mass is 425 g/mol. The van der Waals surface area contributed by atoms with Gasteiger partial charge in [0, 0.05) is 24.8 Å². The van der Waals surface area contributed by atoms with Gasteiger partial charge in [0.1, 0.15) is 11.5 Å². The van der Waals surface area contributed by atoms with Gasteiger partial charge in [-0.1, -0.05) is 24.3 Å². The van der Waals surface area contributed by atoms with Gasteiger partial charge in [0.15, 0.2) is 0 Å². The lowest BCUT2D eigenvalue weighted by atomic mass is 10.1. The Labute approximate surface area is 182 Å². The minimum absolute atomic E-state index is 0.383. The van der Waals surface area contributed by atoms with Crippen LogP contribution in [-0.4, -0.2) is 38.0 Å². The second-order valence-corrected chi connectivity index (χ2v) is 7.05. The van der Waals surface area contributed by atoms with Gasteiger partial charge in [-0.3, -0.25) is 4.39 Å². The summed E-state index contributed by atoms with van der Waals surface area (Å²) in [6.07, 6.45) is 2.68. The SMILES string of the molecule is COc1ccc(CN(Cc2ccc(OC)cc2)c2ncc(CCCF)c(OC)n2)cc1. The van der Waals surface area contributed by atoms with Gasteiger partial charge in [-0.15, -0.1) is 0 Å². The number of rotatable bonds is 11. The van der Waals surface area contributed by atoms with Crippen LogP contribution in [0.1, 0.15) is 23.1 Å². The fourth-order valence-electron chi connectivity index (χ4n) is 3.24. The standard InChI is InChI=1S/C24H28FN3O3/c1-29-21-10-6-18(7-11-21)16-28(17-19-8-12-22(30-2)13-9-19)24-26-15-20(5-4-14-25)23(27-24)31-3/h6-13,15H,4-5,14,16-17H2,1-3H3. The van der Waals surface area contributed by atoms with Gasteiger partial charge in [-0.25, -0.2) is 4.98 Å². The number of hydrogen-bond acceptors (Lipinski definition) is 6. The van der Waals surface area contributed by atoms with Crippen molar-refractivity contribution in [1.29, 1.82) is 0 Å². The Hall–Kier alpha value is -3.35. The van der Waals surface area contributed by atoms with Gasteiger partial charge in [0.25, 0.3) is 0 Å². The number of alkyl halides is 1. The third kappa shape index (κ3) is 6.07.